The number of thioether (sulfide) groups is 1. The summed E-state index contributed by atoms with van der Waals surface area (Å²) in [5, 5.41) is 0. The third kappa shape index (κ3) is 1.69. The molecule has 0 bridgehead atoms. The van der Waals surface area contributed by atoms with Gasteiger partial charge in [-0.05, 0) is 35.9 Å². The van der Waals surface area contributed by atoms with Crippen LogP contribution in [0.15, 0.2) is 48.5 Å². The summed E-state index contributed by atoms with van der Waals surface area (Å²) < 4.78 is 13.3. The number of benzene rings is 2. The first kappa shape index (κ1) is 12.9. The van der Waals surface area contributed by atoms with Gasteiger partial charge in [0.05, 0.1) is 0 Å². The quantitative estimate of drug-likeness (QED) is 0.801. The van der Waals surface area contributed by atoms with Crippen LogP contribution in [0.2, 0.25) is 0 Å². The van der Waals surface area contributed by atoms with Gasteiger partial charge in [0.15, 0.2) is 0 Å². The first-order chi connectivity index (χ1) is 10.2. The maximum absolute atomic E-state index is 13.3. The molecule has 4 heteroatoms. The van der Waals surface area contributed by atoms with Gasteiger partial charge in [-0.1, -0.05) is 30.3 Å². The van der Waals surface area contributed by atoms with E-state index >= 15 is 0 Å². The van der Waals surface area contributed by atoms with Crippen LogP contribution in [0.3, 0.4) is 0 Å². The number of nitrogens with zero attached hydrogens (tertiary/aromatic N) is 1. The van der Waals surface area contributed by atoms with Gasteiger partial charge in [-0.15, -0.1) is 11.8 Å². The van der Waals surface area contributed by atoms with Crippen LogP contribution in [0.25, 0.3) is 0 Å². The second kappa shape index (κ2) is 4.60. The number of rotatable bonds is 1. The number of hydrogen-bond acceptors (Lipinski definition) is 2. The molecule has 2 aromatic rings. The van der Waals surface area contributed by atoms with Crippen molar-refractivity contribution in [1.29, 1.82) is 0 Å². The Hall–Kier alpha value is -1.81. The van der Waals surface area contributed by atoms with Crippen LogP contribution >= 0.6 is 11.8 Å². The zero-order valence-corrected chi connectivity index (χ0v) is 12.2. The highest BCUT2D eigenvalue weighted by molar-refractivity contribution is 8.00. The molecular weight excluding hydrogens is 285 g/mol. The molecule has 1 amide bonds. The fourth-order valence-corrected chi connectivity index (χ4v) is 4.86. The summed E-state index contributed by atoms with van der Waals surface area (Å²) in [5.41, 5.74) is 2.79. The second-order valence-corrected chi connectivity index (χ2v) is 6.64. The van der Waals surface area contributed by atoms with Crippen LogP contribution in [0.5, 0.6) is 0 Å². The Balaban J connectivity index is 1.98. The van der Waals surface area contributed by atoms with Gasteiger partial charge in [0, 0.05) is 17.7 Å². The SMILES string of the molecule is O=C1c2ccccc2C2(c3ccc(F)cc3)SCCCN12. The molecule has 2 heterocycles. The fraction of sp³-hybridized carbons (Fsp3) is 0.235. The Morgan fingerprint density at radius 1 is 1.10 bits per heavy atom. The Labute approximate surface area is 127 Å². The van der Waals surface area contributed by atoms with Crippen LogP contribution in [0.4, 0.5) is 4.39 Å². The van der Waals surface area contributed by atoms with Gasteiger partial charge in [0.25, 0.3) is 5.91 Å². The molecule has 21 heavy (non-hydrogen) atoms. The highest BCUT2D eigenvalue weighted by Gasteiger charge is 2.52. The zero-order chi connectivity index (χ0) is 14.4. The van der Waals surface area contributed by atoms with Gasteiger partial charge < -0.3 is 4.90 Å². The highest BCUT2D eigenvalue weighted by Crippen LogP contribution is 2.53. The summed E-state index contributed by atoms with van der Waals surface area (Å²) in [4.78, 5) is 14.2. The van der Waals surface area contributed by atoms with Gasteiger partial charge in [0.1, 0.15) is 10.7 Å². The van der Waals surface area contributed by atoms with E-state index in [0.717, 1.165) is 35.4 Å². The van der Waals surface area contributed by atoms with Crippen LogP contribution < -0.4 is 0 Å². The molecule has 1 fully saturated rings. The molecule has 4 rings (SSSR count). The molecule has 1 atom stereocenters. The Morgan fingerprint density at radius 3 is 2.67 bits per heavy atom. The average Bonchev–Trinajstić information content (AvgIpc) is 2.80. The predicted octanol–water partition coefficient (Wildman–Crippen LogP) is 3.62. The van der Waals surface area contributed by atoms with Crippen molar-refractivity contribution in [2.45, 2.75) is 11.3 Å². The lowest BCUT2D eigenvalue weighted by Gasteiger charge is -2.42. The second-order valence-electron chi connectivity index (χ2n) is 5.36. The third-order valence-corrected chi connectivity index (χ3v) is 5.81. The topological polar surface area (TPSA) is 20.3 Å². The van der Waals surface area contributed by atoms with Crippen LogP contribution in [-0.4, -0.2) is 23.1 Å². The van der Waals surface area contributed by atoms with Gasteiger partial charge >= 0.3 is 0 Å². The average molecular weight is 299 g/mol. The van der Waals surface area contributed by atoms with Gasteiger partial charge in [0.2, 0.25) is 0 Å². The molecule has 2 aliphatic rings. The summed E-state index contributed by atoms with van der Waals surface area (Å²) in [5.74, 6) is 0.831. The maximum Gasteiger partial charge on any atom is 0.255 e. The third-order valence-electron chi connectivity index (χ3n) is 4.22. The van der Waals surface area contributed by atoms with E-state index in [0.29, 0.717) is 0 Å². The van der Waals surface area contributed by atoms with Crippen molar-refractivity contribution in [3.05, 3.63) is 71.0 Å². The van der Waals surface area contributed by atoms with Crippen LogP contribution in [-0.2, 0) is 4.87 Å². The summed E-state index contributed by atoms with van der Waals surface area (Å²) in [6.07, 6.45) is 0.993. The molecule has 1 unspecified atom stereocenters. The van der Waals surface area contributed by atoms with E-state index in [1.165, 1.54) is 12.1 Å². The summed E-state index contributed by atoms with van der Waals surface area (Å²) >= 11 is 1.77. The highest BCUT2D eigenvalue weighted by atomic mass is 32.2. The number of fused-ring (bicyclic) bond motifs is 3. The molecule has 1 saturated heterocycles. The van der Waals surface area contributed by atoms with Crippen LogP contribution in [0, 0.1) is 5.82 Å². The Bertz CT molecular complexity index is 715. The molecule has 2 aliphatic heterocycles. The molecule has 0 saturated carbocycles. The normalized spacial score (nSPS) is 23.9. The predicted molar refractivity (Wildman–Crippen MR) is 81.7 cm³/mol. The summed E-state index contributed by atoms with van der Waals surface area (Å²) in [7, 11) is 0. The van der Waals surface area contributed by atoms with Crippen molar-refractivity contribution in [1.82, 2.24) is 4.90 Å². The lowest BCUT2D eigenvalue weighted by Crippen LogP contribution is -2.46. The largest absolute Gasteiger partial charge is 0.316 e. The Morgan fingerprint density at radius 2 is 1.86 bits per heavy atom. The molecule has 0 aromatic heterocycles. The molecular formula is C17H14FNOS. The number of hydrogen-bond donors (Lipinski definition) is 0. The minimum absolute atomic E-state index is 0.0853. The molecule has 0 aliphatic carbocycles. The van der Waals surface area contributed by atoms with E-state index in [1.54, 1.807) is 23.9 Å². The van der Waals surface area contributed by atoms with Crippen molar-refractivity contribution in [2.24, 2.45) is 0 Å². The van der Waals surface area contributed by atoms with E-state index in [4.69, 9.17) is 0 Å². The van der Waals surface area contributed by atoms with Crippen LogP contribution in [0.1, 0.15) is 27.9 Å². The van der Waals surface area contributed by atoms with E-state index < -0.39 is 4.87 Å². The number of amides is 1. The van der Waals surface area contributed by atoms with Crippen molar-refractivity contribution in [3.8, 4) is 0 Å². The maximum atomic E-state index is 13.3. The molecule has 2 nitrogen and oxygen atoms in total. The van der Waals surface area contributed by atoms with E-state index in [2.05, 4.69) is 0 Å². The lowest BCUT2D eigenvalue weighted by molar-refractivity contribution is 0.0716. The van der Waals surface area contributed by atoms with Crippen molar-refractivity contribution in [3.63, 3.8) is 0 Å². The fourth-order valence-electron chi connectivity index (χ4n) is 3.33. The molecule has 0 radical (unpaired) electrons. The van der Waals surface area contributed by atoms with Gasteiger partial charge in [-0.2, -0.15) is 0 Å². The van der Waals surface area contributed by atoms with E-state index in [-0.39, 0.29) is 11.7 Å². The number of carbonyl (C=O) groups is 1. The first-order valence-corrected chi connectivity index (χ1v) is 8.03. The van der Waals surface area contributed by atoms with Crippen molar-refractivity contribution < 1.29 is 9.18 Å². The molecule has 0 N–H and O–H groups in total. The molecule has 2 aromatic carbocycles. The minimum Gasteiger partial charge on any atom is -0.316 e. The number of halogens is 1. The van der Waals surface area contributed by atoms with Crippen molar-refractivity contribution in [2.75, 3.05) is 12.3 Å². The summed E-state index contributed by atoms with van der Waals surface area (Å²) in [6, 6.07) is 14.3. The monoisotopic (exact) mass is 299 g/mol. The molecule has 106 valence electrons. The zero-order valence-electron chi connectivity index (χ0n) is 11.4. The standard InChI is InChI=1S/C17H14FNOS/c18-13-8-6-12(7-9-13)17-15-5-2-1-4-14(15)16(20)19(17)10-3-11-21-17/h1-2,4-9H,3,10-11H2. The van der Waals surface area contributed by atoms with Gasteiger partial charge in [-0.3, -0.25) is 4.79 Å². The van der Waals surface area contributed by atoms with Gasteiger partial charge in [-0.25, -0.2) is 4.39 Å². The molecule has 0 spiro atoms. The number of carbonyl (C=O) groups excluding carboxylic acids is 1. The Kier molecular flexibility index (Phi) is 2.82. The smallest absolute Gasteiger partial charge is 0.255 e. The summed E-state index contributed by atoms with van der Waals surface area (Å²) in [6.45, 7) is 0.748. The van der Waals surface area contributed by atoms with E-state index in [9.17, 15) is 9.18 Å². The minimum atomic E-state index is -0.486. The van der Waals surface area contributed by atoms with E-state index in [1.807, 2.05) is 29.2 Å². The lowest BCUT2D eigenvalue weighted by atomic mass is 9.96. The van der Waals surface area contributed by atoms with Crippen molar-refractivity contribution >= 4 is 17.7 Å². The first-order valence-electron chi connectivity index (χ1n) is 7.05.